The molecule has 0 radical (unpaired) electrons. The molecule has 0 unspecified atom stereocenters. The summed E-state index contributed by atoms with van der Waals surface area (Å²) in [6, 6.07) is 3.94. The van der Waals surface area contributed by atoms with Crippen LogP contribution in [0.2, 0.25) is 0 Å². The van der Waals surface area contributed by atoms with Gasteiger partial charge in [0.25, 0.3) is 0 Å². The second kappa shape index (κ2) is 7.25. The number of hydrogen-bond acceptors (Lipinski definition) is 4. The maximum Gasteiger partial charge on any atom is 0.407 e. The van der Waals surface area contributed by atoms with Crippen molar-refractivity contribution in [2.75, 3.05) is 6.54 Å². The smallest absolute Gasteiger partial charge is 0.407 e. The SMILES string of the molecule is CC(C)(C)OC(=O)NCC1(NC(=O)[C@@H]2C[C@@H]2c2cccnc2)CCCC1. The number of ether oxygens (including phenoxy) is 1. The lowest BCUT2D eigenvalue weighted by molar-refractivity contribution is -0.124. The van der Waals surface area contributed by atoms with E-state index >= 15 is 0 Å². The number of carbonyl (C=O) groups is 2. The van der Waals surface area contributed by atoms with Crippen LogP contribution in [0.15, 0.2) is 24.5 Å². The maximum absolute atomic E-state index is 12.7. The monoisotopic (exact) mass is 359 g/mol. The van der Waals surface area contributed by atoms with Crippen LogP contribution in [-0.4, -0.2) is 34.7 Å². The van der Waals surface area contributed by atoms with Crippen molar-refractivity contribution in [3.05, 3.63) is 30.1 Å². The number of carbonyl (C=O) groups excluding carboxylic acids is 2. The van der Waals surface area contributed by atoms with Crippen molar-refractivity contribution < 1.29 is 14.3 Å². The van der Waals surface area contributed by atoms with E-state index in [1.807, 2.05) is 39.1 Å². The molecule has 2 saturated carbocycles. The summed E-state index contributed by atoms with van der Waals surface area (Å²) in [5, 5.41) is 6.09. The van der Waals surface area contributed by atoms with E-state index in [2.05, 4.69) is 15.6 Å². The van der Waals surface area contributed by atoms with E-state index in [0.29, 0.717) is 6.54 Å². The number of alkyl carbamates (subject to hydrolysis) is 1. The first-order valence-corrected chi connectivity index (χ1v) is 9.47. The molecule has 0 saturated heterocycles. The Morgan fingerprint density at radius 2 is 2.04 bits per heavy atom. The highest BCUT2D eigenvalue weighted by molar-refractivity contribution is 5.83. The van der Waals surface area contributed by atoms with E-state index in [-0.39, 0.29) is 23.3 Å². The van der Waals surface area contributed by atoms with Crippen molar-refractivity contribution in [3.8, 4) is 0 Å². The van der Waals surface area contributed by atoms with Crippen LogP contribution in [0.25, 0.3) is 0 Å². The van der Waals surface area contributed by atoms with Crippen LogP contribution in [0, 0.1) is 5.92 Å². The van der Waals surface area contributed by atoms with Gasteiger partial charge in [0.05, 0.1) is 5.54 Å². The molecule has 2 atom stereocenters. The summed E-state index contributed by atoms with van der Waals surface area (Å²) in [4.78, 5) is 28.9. The average Bonchev–Trinajstić information content (AvgIpc) is 3.26. The number of aromatic nitrogens is 1. The van der Waals surface area contributed by atoms with E-state index in [4.69, 9.17) is 4.74 Å². The standard InChI is InChI=1S/C20H29N3O3/c1-19(2,3)26-18(25)22-13-20(8-4-5-9-20)23-17(24)16-11-15(16)14-7-6-10-21-12-14/h6-7,10,12,15-16H,4-5,8-9,11,13H2,1-3H3,(H,22,25)(H,23,24)/t15-,16-/m1/s1. The lowest BCUT2D eigenvalue weighted by Crippen LogP contribution is -2.54. The van der Waals surface area contributed by atoms with Gasteiger partial charge in [-0.25, -0.2) is 4.79 Å². The molecular weight excluding hydrogens is 330 g/mol. The molecule has 0 bridgehead atoms. The molecule has 2 aliphatic carbocycles. The lowest BCUT2D eigenvalue weighted by atomic mass is 9.96. The highest BCUT2D eigenvalue weighted by atomic mass is 16.6. The molecule has 2 amide bonds. The number of nitrogens with one attached hydrogen (secondary N) is 2. The first-order valence-electron chi connectivity index (χ1n) is 9.47. The van der Waals surface area contributed by atoms with Crippen molar-refractivity contribution >= 4 is 12.0 Å². The number of hydrogen-bond donors (Lipinski definition) is 2. The molecule has 0 aliphatic heterocycles. The van der Waals surface area contributed by atoms with Gasteiger partial charge in [-0.2, -0.15) is 0 Å². The molecular formula is C20H29N3O3. The Kier molecular flexibility index (Phi) is 5.21. The highest BCUT2D eigenvalue weighted by Gasteiger charge is 2.47. The molecule has 0 spiro atoms. The third kappa shape index (κ3) is 4.74. The molecule has 6 nitrogen and oxygen atoms in total. The zero-order valence-corrected chi connectivity index (χ0v) is 15.9. The second-order valence-electron chi connectivity index (χ2n) is 8.57. The maximum atomic E-state index is 12.7. The van der Waals surface area contributed by atoms with Crippen LogP contribution in [0.3, 0.4) is 0 Å². The molecule has 26 heavy (non-hydrogen) atoms. The Morgan fingerprint density at radius 1 is 1.31 bits per heavy atom. The van der Waals surface area contributed by atoms with E-state index in [0.717, 1.165) is 37.7 Å². The molecule has 0 aromatic carbocycles. The zero-order valence-electron chi connectivity index (χ0n) is 15.9. The summed E-state index contributed by atoms with van der Waals surface area (Å²) >= 11 is 0. The van der Waals surface area contributed by atoms with Crippen LogP contribution >= 0.6 is 0 Å². The van der Waals surface area contributed by atoms with Gasteiger partial charge in [-0.3, -0.25) is 9.78 Å². The van der Waals surface area contributed by atoms with Gasteiger partial charge < -0.3 is 15.4 Å². The largest absolute Gasteiger partial charge is 0.444 e. The average molecular weight is 359 g/mol. The van der Waals surface area contributed by atoms with Gasteiger partial charge in [0.1, 0.15) is 5.60 Å². The summed E-state index contributed by atoms with van der Waals surface area (Å²) in [6.07, 6.45) is 7.92. The van der Waals surface area contributed by atoms with Gasteiger partial charge in [0.15, 0.2) is 0 Å². The van der Waals surface area contributed by atoms with E-state index in [1.165, 1.54) is 0 Å². The van der Waals surface area contributed by atoms with Crippen molar-refractivity contribution in [1.82, 2.24) is 15.6 Å². The Labute approximate surface area is 155 Å². The Morgan fingerprint density at radius 3 is 2.65 bits per heavy atom. The minimum absolute atomic E-state index is 0.0122. The van der Waals surface area contributed by atoms with Crippen molar-refractivity contribution in [2.45, 2.75) is 69.9 Å². The third-order valence-electron chi connectivity index (χ3n) is 5.16. The fourth-order valence-corrected chi connectivity index (χ4v) is 3.76. The van der Waals surface area contributed by atoms with Gasteiger partial charge in [-0.1, -0.05) is 18.9 Å². The number of nitrogens with zero attached hydrogens (tertiary/aromatic N) is 1. The van der Waals surface area contributed by atoms with Gasteiger partial charge in [0, 0.05) is 24.9 Å². The van der Waals surface area contributed by atoms with E-state index < -0.39 is 11.7 Å². The molecule has 6 heteroatoms. The fourth-order valence-electron chi connectivity index (χ4n) is 3.76. The summed E-state index contributed by atoms with van der Waals surface area (Å²) in [7, 11) is 0. The third-order valence-corrected chi connectivity index (χ3v) is 5.16. The van der Waals surface area contributed by atoms with Crippen LogP contribution < -0.4 is 10.6 Å². The molecule has 142 valence electrons. The Bertz CT molecular complexity index is 648. The first kappa shape index (κ1) is 18.7. The van der Waals surface area contributed by atoms with Crippen molar-refractivity contribution in [1.29, 1.82) is 0 Å². The van der Waals surface area contributed by atoms with Gasteiger partial charge >= 0.3 is 6.09 Å². The van der Waals surface area contributed by atoms with Crippen LogP contribution in [0.5, 0.6) is 0 Å². The number of amides is 2. The molecule has 1 heterocycles. The van der Waals surface area contributed by atoms with Crippen LogP contribution in [0.1, 0.15) is 64.4 Å². The fraction of sp³-hybridized carbons (Fsp3) is 0.650. The molecule has 2 fully saturated rings. The summed E-state index contributed by atoms with van der Waals surface area (Å²) in [5.41, 5.74) is 0.247. The molecule has 2 N–H and O–H groups in total. The minimum Gasteiger partial charge on any atom is -0.444 e. The van der Waals surface area contributed by atoms with Crippen LogP contribution in [-0.2, 0) is 9.53 Å². The van der Waals surface area contributed by atoms with E-state index in [1.54, 1.807) is 6.20 Å². The van der Waals surface area contributed by atoms with Crippen molar-refractivity contribution in [2.24, 2.45) is 5.92 Å². The quantitative estimate of drug-likeness (QED) is 0.846. The highest BCUT2D eigenvalue weighted by Crippen LogP contribution is 2.47. The second-order valence-corrected chi connectivity index (χ2v) is 8.57. The normalized spacial score (nSPS) is 24.0. The number of rotatable bonds is 5. The Balaban J connectivity index is 1.55. The molecule has 2 aliphatic rings. The summed E-state index contributed by atoms with van der Waals surface area (Å²) in [5.74, 6) is 0.367. The van der Waals surface area contributed by atoms with Crippen molar-refractivity contribution in [3.63, 3.8) is 0 Å². The summed E-state index contributed by atoms with van der Waals surface area (Å²) in [6.45, 7) is 5.93. The van der Waals surface area contributed by atoms with Gasteiger partial charge in [0.2, 0.25) is 5.91 Å². The first-order chi connectivity index (χ1) is 12.3. The topological polar surface area (TPSA) is 80.3 Å². The van der Waals surface area contributed by atoms with Crippen LogP contribution in [0.4, 0.5) is 4.79 Å². The molecule has 3 rings (SSSR count). The predicted octanol–water partition coefficient (Wildman–Crippen LogP) is 3.14. The summed E-state index contributed by atoms with van der Waals surface area (Å²) < 4.78 is 5.31. The zero-order chi connectivity index (χ0) is 18.8. The minimum atomic E-state index is -0.527. The predicted molar refractivity (Wildman–Crippen MR) is 98.7 cm³/mol. The van der Waals surface area contributed by atoms with Gasteiger partial charge in [-0.15, -0.1) is 0 Å². The van der Waals surface area contributed by atoms with Gasteiger partial charge in [-0.05, 0) is 57.6 Å². The Hall–Kier alpha value is -2.11. The van der Waals surface area contributed by atoms with E-state index in [9.17, 15) is 9.59 Å². The molecule has 1 aromatic heterocycles. The number of pyridine rings is 1. The molecule has 1 aromatic rings. The lowest BCUT2D eigenvalue weighted by Gasteiger charge is -2.31.